The van der Waals surface area contributed by atoms with Crippen LogP contribution in [-0.4, -0.2) is 31.2 Å². The SMILES string of the molecule is Cc1nc(C(C)Nc2cc(C3CC(N)C3)nc(C3CC3)n2)n[nH]1.Cl.Cl. The van der Waals surface area contributed by atoms with Crippen molar-refractivity contribution in [2.75, 3.05) is 5.32 Å². The van der Waals surface area contributed by atoms with E-state index in [0.717, 1.165) is 41.8 Å². The van der Waals surface area contributed by atoms with Crippen molar-refractivity contribution in [3.05, 3.63) is 29.2 Å². The Hall–Kier alpha value is -1.44. The molecule has 0 radical (unpaired) electrons. The molecule has 2 aliphatic rings. The van der Waals surface area contributed by atoms with E-state index in [0.29, 0.717) is 17.9 Å². The van der Waals surface area contributed by atoms with E-state index in [1.54, 1.807) is 0 Å². The molecule has 2 saturated carbocycles. The molecule has 0 aromatic carbocycles. The van der Waals surface area contributed by atoms with Crippen molar-refractivity contribution in [1.82, 2.24) is 25.1 Å². The Labute approximate surface area is 159 Å². The highest BCUT2D eigenvalue weighted by Crippen LogP contribution is 2.41. The van der Waals surface area contributed by atoms with Gasteiger partial charge in [0.05, 0.1) is 6.04 Å². The second-order valence-electron chi connectivity index (χ2n) is 6.88. The summed E-state index contributed by atoms with van der Waals surface area (Å²) < 4.78 is 0. The Balaban J connectivity index is 0.00000113. The summed E-state index contributed by atoms with van der Waals surface area (Å²) in [6, 6.07) is 2.39. The van der Waals surface area contributed by atoms with E-state index >= 15 is 0 Å². The zero-order valence-corrected chi connectivity index (χ0v) is 16.0. The molecule has 0 spiro atoms. The molecule has 4 N–H and O–H groups in total. The fraction of sp³-hybridized carbons (Fsp3) is 0.625. The minimum atomic E-state index is -0.00148. The van der Waals surface area contributed by atoms with Crippen LogP contribution in [0.15, 0.2) is 6.07 Å². The lowest BCUT2D eigenvalue weighted by atomic mass is 9.78. The first-order chi connectivity index (χ1) is 11.1. The third-order valence-electron chi connectivity index (χ3n) is 4.66. The van der Waals surface area contributed by atoms with Crippen LogP contribution in [-0.2, 0) is 0 Å². The fourth-order valence-electron chi connectivity index (χ4n) is 3.04. The predicted octanol–water partition coefficient (Wildman–Crippen LogP) is 3.00. The zero-order valence-electron chi connectivity index (χ0n) is 14.4. The molecule has 2 fully saturated rings. The molecular weight excluding hydrogens is 361 g/mol. The summed E-state index contributed by atoms with van der Waals surface area (Å²) in [7, 11) is 0. The molecule has 4 rings (SSSR count). The van der Waals surface area contributed by atoms with E-state index < -0.39 is 0 Å². The van der Waals surface area contributed by atoms with Gasteiger partial charge in [0.2, 0.25) is 0 Å². The van der Waals surface area contributed by atoms with Crippen LogP contribution in [0, 0.1) is 6.92 Å². The molecule has 2 aliphatic carbocycles. The minimum Gasteiger partial charge on any atom is -0.360 e. The monoisotopic (exact) mass is 385 g/mol. The summed E-state index contributed by atoms with van der Waals surface area (Å²) in [5.41, 5.74) is 7.06. The normalized spacial score (nSPS) is 23.0. The topological polar surface area (TPSA) is 105 Å². The maximum absolute atomic E-state index is 5.93. The first kappa shape index (κ1) is 19.9. The molecule has 7 nitrogen and oxygen atoms in total. The number of nitrogens with two attached hydrogens (primary N) is 1. The van der Waals surface area contributed by atoms with Crippen LogP contribution in [0.3, 0.4) is 0 Å². The number of hydrogen-bond acceptors (Lipinski definition) is 6. The van der Waals surface area contributed by atoms with Crippen LogP contribution < -0.4 is 11.1 Å². The van der Waals surface area contributed by atoms with Gasteiger partial charge >= 0.3 is 0 Å². The van der Waals surface area contributed by atoms with Crippen LogP contribution in [0.25, 0.3) is 0 Å². The molecule has 0 aliphatic heterocycles. The Morgan fingerprint density at radius 2 is 1.88 bits per heavy atom. The van der Waals surface area contributed by atoms with Crippen LogP contribution >= 0.6 is 24.8 Å². The van der Waals surface area contributed by atoms with Gasteiger partial charge in [-0.05, 0) is 39.5 Å². The van der Waals surface area contributed by atoms with Crippen molar-refractivity contribution in [3.63, 3.8) is 0 Å². The Morgan fingerprint density at radius 3 is 2.44 bits per heavy atom. The molecule has 138 valence electrons. The highest BCUT2D eigenvalue weighted by Gasteiger charge is 2.32. The number of nitrogens with zero attached hydrogens (tertiary/aromatic N) is 4. The number of aryl methyl sites for hydroxylation is 1. The maximum Gasteiger partial charge on any atom is 0.172 e. The van der Waals surface area contributed by atoms with E-state index in [9.17, 15) is 0 Å². The van der Waals surface area contributed by atoms with E-state index in [4.69, 9.17) is 15.7 Å². The van der Waals surface area contributed by atoms with Crippen molar-refractivity contribution >= 4 is 30.6 Å². The zero-order chi connectivity index (χ0) is 16.0. The second kappa shape index (κ2) is 7.85. The Kier molecular flexibility index (Phi) is 6.24. The van der Waals surface area contributed by atoms with Gasteiger partial charge in [0.1, 0.15) is 17.5 Å². The first-order valence-electron chi connectivity index (χ1n) is 8.38. The van der Waals surface area contributed by atoms with Crippen molar-refractivity contribution in [2.24, 2.45) is 5.73 Å². The summed E-state index contributed by atoms with van der Waals surface area (Å²) in [5, 5.41) is 10.5. The standard InChI is InChI=1S/C16H23N7.2ClH/c1-8(15-19-9(2)22-23-15)18-14-7-13(11-5-12(17)6-11)20-16(21-14)10-3-4-10;;/h7-8,10-12H,3-6,17H2,1-2H3,(H,18,20,21)(H,19,22,23);2*1H. The van der Waals surface area contributed by atoms with Crippen molar-refractivity contribution in [2.45, 2.75) is 63.5 Å². The average Bonchev–Trinajstić information content (AvgIpc) is 3.25. The van der Waals surface area contributed by atoms with Crippen LogP contribution in [0.2, 0.25) is 0 Å². The van der Waals surface area contributed by atoms with Crippen LogP contribution in [0.5, 0.6) is 0 Å². The van der Waals surface area contributed by atoms with Crippen molar-refractivity contribution in [3.8, 4) is 0 Å². The number of hydrogen-bond donors (Lipinski definition) is 3. The van der Waals surface area contributed by atoms with Gasteiger partial charge in [-0.3, -0.25) is 5.10 Å². The van der Waals surface area contributed by atoms with Gasteiger partial charge in [-0.15, -0.1) is 24.8 Å². The molecular formula is C16H25Cl2N7. The third kappa shape index (κ3) is 4.40. The lowest BCUT2D eigenvalue weighted by Crippen LogP contribution is -2.35. The van der Waals surface area contributed by atoms with Gasteiger partial charge < -0.3 is 11.1 Å². The van der Waals surface area contributed by atoms with Gasteiger partial charge in [0.25, 0.3) is 0 Å². The van der Waals surface area contributed by atoms with Gasteiger partial charge in [-0.2, -0.15) is 5.10 Å². The summed E-state index contributed by atoms with van der Waals surface area (Å²) >= 11 is 0. The van der Waals surface area contributed by atoms with Gasteiger partial charge in [-0.1, -0.05) is 0 Å². The summed E-state index contributed by atoms with van der Waals surface area (Å²) in [6.07, 6.45) is 4.44. The van der Waals surface area contributed by atoms with Crippen molar-refractivity contribution < 1.29 is 0 Å². The third-order valence-corrected chi connectivity index (χ3v) is 4.66. The molecule has 2 aromatic heterocycles. The molecule has 0 bridgehead atoms. The first-order valence-corrected chi connectivity index (χ1v) is 8.38. The van der Waals surface area contributed by atoms with Crippen LogP contribution in [0.4, 0.5) is 5.82 Å². The summed E-state index contributed by atoms with van der Waals surface area (Å²) in [4.78, 5) is 13.9. The number of aromatic amines is 1. The van der Waals surface area contributed by atoms with Gasteiger partial charge in [0, 0.05) is 29.6 Å². The number of anilines is 1. The Bertz CT molecular complexity index is 710. The fourth-order valence-corrected chi connectivity index (χ4v) is 3.04. The molecule has 0 amide bonds. The molecule has 1 atom stereocenters. The van der Waals surface area contributed by atoms with E-state index in [1.807, 2.05) is 13.8 Å². The lowest BCUT2D eigenvalue weighted by molar-refractivity contribution is 0.344. The molecule has 2 heterocycles. The van der Waals surface area contributed by atoms with E-state index in [1.165, 1.54) is 12.8 Å². The van der Waals surface area contributed by atoms with Crippen LogP contribution in [0.1, 0.15) is 73.7 Å². The highest BCUT2D eigenvalue weighted by atomic mass is 35.5. The number of nitrogens with one attached hydrogen (secondary N) is 2. The minimum absolute atomic E-state index is 0. The maximum atomic E-state index is 5.93. The molecule has 0 saturated heterocycles. The average molecular weight is 386 g/mol. The summed E-state index contributed by atoms with van der Waals surface area (Å²) in [6.45, 7) is 3.94. The highest BCUT2D eigenvalue weighted by molar-refractivity contribution is 5.85. The van der Waals surface area contributed by atoms with Gasteiger partial charge in [0.15, 0.2) is 5.82 Å². The smallest absolute Gasteiger partial charge is 0.172 e. The lowest BCUT2D eigenvalue weighted by Gasteiger charge is -2.32. The number of rotatable bonds is 5. The molecule has 2 aromatic rings. The number of halogens is 2. The predicted molar refractivity (Wildman–Crippen MR) is 102 cm³/mol. The molecule has 1 unspecified atom stereocenters. The van der Waals surface area contributed by atoms with Crippen molar-refractivity contribution in [1.29, 1.82) is 0 Å². The quantitative estimate of drug-likeness (QED) is 0.730. The summed E-state index contributed by atoms with van der Waals surface area (Å²) in [5.74, 6) is 4.43. The van der Waals surface area contributed by atoms with Gasteiger partial charge in [-0.25, -0.2) is 15.0 Å². The number of aromatic nitrogens is 5. The molecule has 25 heavy (non-hydrogen) atoms. The Morgan fingerprint density at radius 1 is 1.16 bits per heavy atom. The van der Waals surface area contributed by atoms with E-state index in [2.05, 4.69) is 26.6 Å². The molecule has 9 heteroatoms. The largest absolute Gasteiger partial charge is 0.360 e. The van der Waals surface area contributed by atoms with E-state index in [-0.39, 0.29) is 30.9 Å². The second-order valence-corrected chi connectivity index (χ2v) is 6.88. The number of H-pyrrole nitrogens is 1.